The Bertz CT molecular complexity index is 292. The van der Waals surface area contributed by atoms with Gasteiger partial charge in [-0.05, 0) is 63.8 Å². The molecule has 122 valence electrons. The van der Waals surface area contributed by atoms with Crippen LogP contribution in [0.4, 0.5) is 0 Å². The van der Waals surface area contributed by atoms with Crippen molar-refractivity contribution in [3.8, 4) is 0 Å². The van der Waals surface area contributed by atoms with Crippen molar-refractivity contribution in [1.82, 2.24) is 10.2 Å². The zero-order valence-corrected chi connectivity index (χ0v) is 13.9. The van der Waals surface area contributed by atoms with Crippen molar-refractivity contribution >= 4 is 0 Å². The molecular weight excluding hydrogens is 260 g/mol. The van der Waals surface area contributed by atoms with Crippen LogP contribution in [0.2, 0.25) is 0 Å². The molecule has 3 rings (SSSR count). The highest BCUT2D eigenvalue weighted by molar-refractivity contribution is 4.94. The van der Waals surface area contributed by atoms with Gasteiger partial charge >= 0.3 is 0 Å². The fourth-order valence-electron chi connectivity index (χ4n) is 4.24. The van der Waals surface area contributed by atoms with Crippen molar-refractivity contribution in [3.63, 3.8) is 0 Å². The summed E-state index contributed by atoms with van der Waals surface area (Å²) in [6, 6.07) is 2.47. The first-order valence-electron chi connectivity index (χ1n) is 9.43. The molecule has 0 amide bonds. The molecule has 2 atom stereocenters. The smallest absolute Gasteiger partial charge is 0.0494 e. The molecule has 3 nitrogen and oxygen atoms in total. The Labute approximate surface area is 130 Å². The maximum atomic E-state index is 5.81. The van der Waals surface area contributed by atoms with Gasteiger partial charge in [0.15, 0.2) is 0 Å². The third-order valence-electron chi connectivity index (χ3n) is 5.56. The van der Waals surface area contributed by atoms with Gasteiger partial charge in [0.1, 0.15) is 0 Å². The van der Waals surface area contributed by atoms with Gasteiger partial charge in [-0.15, -0.1) is 0 Å². The predicted octanol–water partition coefficient (Wildman–Crippen LogP) is 3.19. The summed E-state index contributed by atoms with van der Waals surface area (Å²) in [5.74, 6) is 0.907. The molecule has 1 aliphatic carbocycles. The summed E-state index contributed by atoms with van der Waals surface area (Å²) in [6.45, 7) is 6.73. The largest absolute Gasteiger partial charge is 0.381 e. The summed E-state index contributed by atoms with van der Waals surface area (Å²) in [6.07, 6.45) is 12.3. The number of rotatable bonds is 9. The van der Waals surface area contributed by atoms with E-state index in [1.54, 1.807) is 0 Å². The number of ether oxygens (including phenoxy) is 1. The van der Waals surface area contributed by atoms with Crippen molar-refractivity contribution < 1.29 is 4.74 Å². The van der Waals surface area contributed by atoms with Crippen molar-refractivity contribution in [2.45, 2.75) is 82.8 Å². The molecule has 2 saturated heterocycles. The number of hydrogen-bond acceptors (Lipinski definition) is 3. The third-order valence-corrected chi connectivity index (χ3v) is 5.56. The van der Waals surface area contributed by atoms with Crippen LogP contribution >= 0.6 is 0 Å². The zero-order chi connectivity index (χ0) is 14.5. The summed E-state index contributed by atoms with van der Waals surface area (Å²) in [5.41, 5.74) is 0. The van der Waals surface area contributed by atoms with Crippen LogP contribution in [0.3, 0.4) is 0 Å². The molecule has 2 heterocycles. The first kappa shape index (κ1) is 15.8. The topological polar surface area (TPSA) is 24.5 Å². The fourth-order valence-corrected chi connectivity index (χ4v) is 4.24. The third kappa shape index (κ3) is 4.67. The van der Waals surface area contributed by atoms with Crippen LogP contribution in [-0.2, 0) is 4.74 Å². The van der Waals surface area contributed by atoms with E-state index in [1.165, 1.54) is 70.9 Å². The first-order chi connectivity index (χ1) is 10.4. The number of nitrogens with zero attached hydrogens (tertiary/aromatic N) is 1. The highest BCUT2D eigenvalue weighted by Crippen LogP contribution is 2.34. The SMILES string of the molecule is CCCNC1CC2CCCC(C1)N2CCCOCC1CC1. The van der Waals surface area contributed by atoms with E-state index in [0.717, 1.165) is 37.3 Å². The van der Waals surface area contributed by atoms with Crippen LogP contribution in [0.1, 0.15) is 64.7 Å². The van der Waals surface area contributed by atoms with Gasteiger partial charge in [0.25, 0.3) is 0 Å². The normalized spacial score (nSPS) is 33.3. The lowest BCUT2D eigenvalue weighted by Gasteiger charge is -2.49. The maximum absolute atomic E-state index is 5.81. The molecule has 2 bridgehead atoms. The minimum absolute atomic E-state index is 0.780. The second kappa shape index (κ2) is 7.94. The van der Waals surface area contributed by atoms with E-state index in [1.807, 2.05) is 0 Å². The van der Waals surface area contributed by atoms with Crippen LogP contribution in [0.15, 0.2) is 0 Å². The van der Waals surface area contributed by atoms with Crippen molar-refractivity contribution in [2.75, 3.05) is 26.3 Å². The minimum Gasteiger partial charge on any atom is -0.381 e. The van der Waals surface area contributed by atoms with Crippen LogP contribution in [-0.4, -0.2) is 49.3 Å². The first-order valence-corrected chi connectivity index (χ1v) is 9.43. The summed E-state index contributed by atoms with van der Waals surface area (Å²) in [5, 5.41) is 3.76. The molecule has 0 aromatic heterocycles. The molecule has 0 radical (unpaired) electrons. The lowest BCUT2D eigenvalue weighted by Crippen LogP contribution is -2.56. The van der Waals surface area contributed by atoms with Gasteiger partial charge in [0, 0.05) is 37.9 Å². The van der Waals surface area contributed by atoms with Crippen LogP contribution in [0.5, 0.6) is 0 Å². The van der Waals surface area contributed by atoms with E-state index < -0.39 is 0 Å². The van der Waals surface area contributed by atoms with Gasteiger partial charge in [-0.25, -0.2) is 0 Å². The minimum atomic E-state index is 0.780. The monoisotopic (exact) mass is 294 g/mol. The molecular formula is C18H34N2O. The Morgan fingerprint density at radius 3 is 2.52 bits per heavy atom. The maximum Gasteiger partial charge on any atom is 0.0494 e. The van der Waals surface area contributed by atoms with Gasteiger partial charge in [0.2, 0.25) is 0 Å². The second-order valence-corrected chi connectivity index (χ2v) is 7.47. The fraction of sp³-hybridized carbons (Fsp3) is 1.00. The van der Waals surface area contributed by atoms with E-state index in [4.69, 9.17) is 4.74 Å². The van der Waals surface area contributed by atoms with Crippen LogP contribution in [0.25, 0.3) is 0 Å². The summed E-state index contributed by atoms with van der Waals surface area (Å²) < 4.78 is 5.81. The van der Waals surface area contributed by atoms with Crippen LogP contribution in [0, 0.1) is 5.92 Å². The molecule has 1 N–H and O–H groups in total. The van der Waals surface area contributed by atoms with Gasteiger partial charge < -0.3 is 10.1 Å². The van der Waals surface area contributed by atoms with Gasteiger partial charge in [-0.1, -0.05) is 13.3 Å². The highest BCUT2D eigenvalue weighted by atomic mass is 16.5. The van der Waals surface area contributed by atoms with Crippen molar-refractivity contribution in [3.05, 3.63) is 0 Å². The molecule has 1 saturated carbocycles. The molecule has 21 heavy (non-hydrogen) atoms. The summed E-state index contributed by atoms with van der Waals surface area (Å²) >= 11 is 0. The van der Waals surface area contributed by atoms with Crippen molar-refractivity contribution in [1.29, 1.82) is 0 Å². The number of piperidine rings is 2. The molecule has 0 aromatic rings. The number of fused-ring (bicyclic) bond motifs is 2. The molecule has 3 fully saturated rings. The molecule has 0 spiro atoms. The van der Waals surface area contributed by atoms with Gasteiger partial charge in [-0.2, -0.15) is 0 Å². The van der Waals surface area contributed by atoms with Gasteiger partial charge in [0.05, 0.1) is 0 Å². The summed E-state index contributed by atoms with van der Waals surface area (Å²) in [7, 11) is 0. The lowest BCUT2D eigenvalue weighted by atomic mass is 9.81. The highest BCUT2D eigenvalue weighted by Gasteiger charge is 2.37. The Kier molecular flexibility index (Phi) is 5.96. The lowest BCUT2D eigenvalue weighted by molar-refractivity contribution is 0.0152. The quantitative estimate of drug-likeness (QED) is 0.661. The summed E-state index contributed by atoms with van der Waals surface area (Å²) in [4.78, 5) is 2.83. The average Bonchev–Trinajstić information content (AvgIpc) is 3.29. The van der Waals surface area contributed by atoms with E-state index in [9.17, 15) is 0 Å². The predicted molar refractivity (Wildman–Crippen MR) is 87.6 cm³/mol. The Morgan fingerprint density at radius 2 is 1.86 bits per heavy atom. The van der Waals surface area contributed by atoms with Crippen LogP contribution < -0.4 is 5.32 Å². The number of nitrogens with one attached hydrogen (secondary N) is 1. The van der Waals surface area contributed by atoms with E-state index in [-0.39, 0.29) is 0 Å². The molecule has 3 aliphatic rings. The Hall–Kier alpha value is -0.120. The standard InChI is InChI=1S/C18H34N2O/c1-2-9-19-16-12-17-5-3-6-18(13-16)20(17)10-4-11-21-14-15-7-8-15/h15-19H,2-14H2,1H3. The Balaban J connectivity index is 1.38. The molecule has 3 heteroatoms. The molecule has 2 aliphatic heterocycles. The molecule has 0 aromatic carbocycles. The zero-order valence-electron chi connectivity index (χ0n) is 13.9. The number of hydrogen-bond donors (Lipinski definition) is 1. The average molecular weight is 294 g/mol. The van der Waals surface area contributed by atoms with Gasteiger partial charge in [-0.3, -0.25) is 4.90 Å². The van der Waals surface area contributed by atoms with E-state index in [0.29, 0.717) is 0 Å². The van der Waals surface area contributed by atoms with E-state index >= 15 is 0 Å². The second-order valence-electron chi connectivity index (χ2n) is 7.47. The molecule has 2 unspecified atom stereocenters. The Morgan fingerprint density at radius 1 is 1.10 bits per heavy atom. The van der Waals surface area contributed by atoms with Crippen molar-refractivity contribution in [2.24, 2.45) is 5.92 Å². The van der Waals surface area contributed by atoms with E-state index in [2.05, 4.69) is 17.1 Å².